The van der Waals surface area contributed by atoms with Gasteiger partial charge in [0.15, 0.2) is 0 Å². The van der Waals surface area contributed by atoms with Gasteiger partial charge in [0.05, 0.1) is 17.9 Å². The largest absolute Gasteiger partial charge is 0.289 e. The molecule has 3 rings (SSSR count). The zero-order valence-corrected chi connectivity index (χ0v) is 15.0. The van der Waals surface area contributed by atoms with Gasteiger partial charge in [0.1, 0.15) is 11.4 Å². The average Bonchev–Trinajstić information content (AvgIpc) is 3.02. The van der Waals surface area contributed by atoms with Crippen LogP contribution in [0.5, 0.6) is 0 Å². The van der Waals surface area contributed by atoms with Gasteiger partial charge in [-0.25, -0.2) is 10.4 Å². The van der Waals surface area contributed by atoms with Gasteiger partial charge in [-0.1, -0.05) is 30.7 Å². The van der Waals surface area contributed by atoms with Crippen LogP contribution in [0.1, 0.15) is 17.4 Å². The predicted octanol–water partition coefficient (Wildman–Crippen LogP) is 2.82. The molecule has 6 nitrogen and oxygen atoms in total. The Balaban J connectivity index is 1.69. The fraction of sp³-hybridized carbons (Fsp3) is 0.176. The van der Waals surface area contributed by atoms with E-state index in [2.05, 4.69) is 15.5 Å². The lowest BCUT2D eigenvalue weighted by atomic mass is 10.2. The van der Waals surface area contributed by atoms with Gasteiger partial charge in [0.2, 0.25) is 0 Å². The van der Waals surface area contributed by atoms with Crippen LogP contribution in [0.2, 0.25) is 5.02 Å². The van der Waals surface area contributed by atoms with Crippen LogP contribution in [0.4, 0.5) is 0 Å². The number of benzene rings is 1. The second kappa shape index (κ2) is 7.58. The Bertz CT molecular complexity index is 1010. The third-order valence-electron chi connectivity index (χ3n) is 3.48. The minimum Gasteiger partial charge on any atom is -0.289 e. The molecule has 2 aromatic heterocycles. The van der Waals surface area contributed by atoms with Crippen molar-refractivity contribution in [3.63, 3.8) is 0 Å². The van der Waals surface area contributed by atoms with E-state index in [4.69, 9.17) is 11.6 Å². The normalized spacial score (nSPS) is 11.3. The lowest BCUT2D eigenvalue weighted by Gasteiger charge is -2.03. The second-order valence-corrected chi connectivity index (χ2v) is 6.86. The molecule has 0 bridgehead atoms. The number of hydrogen-bond donors (Lipinski definition) is 1. The average molecular weight is 375 g/mol. The number of fused-ring (bicyclic) bond motifs is 1. The molecule has 0 fully saturated rings. The number of aromatic nitrogens is 2. The van der Waals surface area contributed by atoms with Gasteiger partial charge < -0.3 is 0 Å². The van der Waals surface area contributed by atoms with Crippen LogP contribution in [0.3, 0.4) is 0 Å². The molecule has 0 spiro atoms. The first-order valence-corrected chi connectivity index (χ1v) is 8.81. The molecule has 0 aliphatic rings. The van der Waals surface area contributed by atoms with E-state index in [1.165, 1.54) is 28.4 Å². The SMILES string of the molecule is CCc1cc2c(=O)n(CC(=O)N/N=C\c3cccc(Cl)c3)cnc2s1. The van der Waals surface area contributed by atoms with E-state index in [9.17, 15) is 9.59 Å². The van der Waals surface area contributed by atoms with Crippen LogP contribution in [-0.2, 0) is 17.8 Å². The Morgan fingerprint density at radius 3 is 3.04 bits per heavy atom. The number of thiophene rings is 1. The number of carbonyl (C=O) groups is 1. The van der Waals surface area contributed by atoms with E-state index < -0.39 is 5.91 Å². The molecular formula is C17H15ClN4O2S. The highest BCUT2D eigenvalue weighted by atomic mass is 35.5. The number of aryl methyl sites for hydroxylation is 1. The molecule has 1 amide bonds. The van der Waals surface area contributed by atoms with E-state index in [0.717, 1.165) is 16.9 Å². The molecule has 0 atom stereocenters. The third-order valence-corrected chi connectivity index (χ3v) is 4.91. The summed E-state index contributed by atoms with van der Waals surface area (Å²) in [5.74, 6) is -0.410. The summed E-state index contributed by atoms with van der Waals surface area (Å²) in [6.45, 7) is 1.88. The Hall–Kier alpha value is -2.51. The number of rotatable bonds is 5. The minimum atomic E-state index is -0.410. The van der Waals surface area contributed by atoms with E-state index in [-0.39, 0.29) is 12.1 Å². The lowest BCUT2D eigenvalue weighted by molar-refractivity contribution is -0.121. The predicted molar refractivity (Wildman–Crippen MR) is 100 cm³/mol. The van der Waals surface area contributed by atoms with Crippen molar-refractivity contribution in [2.45, 2.75) is 19.9 Å². The summed E-state index contributed by atoms with van der Waals surface area (Å²) in [5, 5.41) is 5.00. The van der Waals surface area contributed by atoms with Crippen LogP contribution in [0, 0.1) is 0 Å². The van der Waals surface area contributed by atoms with Gasteiger partial charge in [0, 0.05) is 9.90 Å². The highest BCUT2D eigenvalue weighted by molar-refractivity contribution is 7.18. The first-order chi connectivity index (χ1) is 12.1. The molecule has 25 heavy (non-hydrogen) atoms. The first kappa shape index (κ1) is 17.3. The molecule has 8 heteroatoms. The molecule has 1 aromatic carbocycles. The van der Waals surface area contributed by atoms with Crippen LogP contribution in [-0.4, -0.2) is 21.7 Å². The maximum atomic E-state index is 12.4. The standard InChI is InChI=1S/C17H15ClN4O2S/c1-2-13-7-14-16(25-13)19-10-22(17(14)24)9-15(23)21-20-8-11-4-3-5-12(18)6-11/h3-8,10H,2,9H2,1H3,(H,21,23)/b20-8-. The van der Waals surface area contributed by atoms with Gasteiger partial charge in [-0.05, 0) is 30.2 Å². The molecule has 0 aliphatic heterocycles. The number of nitrogens with zero attached hydrogens (tertiary/aromatic N) is 3. The molecule has 128 valence electrons. The van der Waals surface area contributed by atoms with Crippen molar-refractivity contribution < 1.29 is 4.79 Å². The van der Waals surface area contributed by atoms with E-state index in [1.54, 1.807) is 18.2 Å². The highest BCUT2D eigenvalue weighted by Gasteiger charge is 2.10. The van der Waals surface area contributed by atoms with E-state index in [0.29, 0.717) is 15.2 Å². The van der Waals surface area contributed by atoms with Crippen molar-refractivity contribution >= 4 is 45.3 Å². The summed E-state index contributed by atoms with van der Waals surface area (Å²) in [6.07, 6.45) is 3.72. The van der Waals surface area contributed by atoms with Crippen molar-refractivity contribution in [2.24, 2.45) is 5.10 Å². The number of amides is 1. The summed E-state index contributed by atoms with van der Waals surface area (Å²) in [5.41, 5.74) is 2.93. The van der Waals surface area contributed by atoms with Crippen molar-refractivity contribution in [1.29, 1.82) is 0 Å². The summed E-state index contributed by atoms with van der Waals surface area (Å²) in [4.78, 5) is 30.4. The van der Waals surface area contributed by atoms with Crippen molar-refractivity contribution in [3.8, 4) is 0 Å². The zero-order chi connectivity index (χ0) is 17.8. The quantitative estimate of drug-likeness (QED) is 0.551. The van der Waals surface area contributed by atoms with Crippen molar-refractivity contribution in [2.75, 3.05) is 0 Å². The van der Waals surface area contributed by atoms with Crippen LogP contribution in [0.15, 0.2) is 46.6 Å². The topological polar surface area (TPSA) is 76.3 Å². The summed E-state index contributed by atoms with van der Waals surface area (Å²) in [6, 6.07) is 8.91. The summed E-state index contributed by atoms with van der Waals surface area (Å²) < 4.78 is 1.28. The molecule has 0 aliphatic carbocycles. The number of nitrogens with one attached hydrogen (secondary N) is 1. The molecule has 0 radical (unpaired) electrons. The Labute approximate surface area is 152 Å². The Morgan fingerprint density at radius 1 is 1.44 bits per heavy atom. The zero-order valence-electron chi connectivity index (χ0n) is 13.4. The van der Waals surface area contributed by atoms with Gasteiger partial charge in [-0.2, -0.15) is 5.10 Å². The fourth-order valence-corrected chi connectivity index (χ4v) is 3.38. The van der Waals surface area contributed by atoms with Crippen LogP contribution in [0.25, 0.3) is 10.2 Å². The highest BCUT2D eigenvalue weighted by Crippen LogP contribution is 2.20. The fourth-order valence-electron chi connectivity index (χ4n) is 2.25. The Morgan fingerprint density at radius 2 is 2.28 bits per heavy atom. The Kier molecular flexibility index (Phi) is 5.25. The molecule has 1 N–H and O–H groups in total. The molecule has 0 saturated carbocycles. The number of halogens is 1. The number of carbonyl (C=O) groups excluding carboxylic acids is 1. The van der Waals surface area contributed by atoms with Crippen molar-refractivity contribution in [3.05, 3.63) is 62.5 Å². The van der Waals surface area contributed by atoms with Gasteiger partial charge in [-0.15, -0.1) is 11.3 Å². The van der Waals surface area contributed by atoms with Crippen molar-refractivity contribution in [1.82, 2.24) is 15.0 Å². The third kappa shape index (κ3) is 4.12. The summed E-state index contributed by atoms with van der Waals surface area (Å²) in [7, 11) is 0. The second-order valence-electron chi connectivity index (χ2n) is 5.31. The first-order valence-electron chi connectivity index (χ1n) is 7.62. The smallest absolute Gasteiger partial charge is 0.262 e. The monoisotopic (exact) mass is 374 g/mol. The molecule has 0 unspecified atom stereocenters. The number of hydrazone groups is 1. The molecule has 2 heterocycles. The van der Waals surface area contributed by atoms with E-state index in [1.807, 2.05) is 19.1 Å². The maximum absolute atomic E-state index is 12.4. The number of hydrogen-bond acceptors (Lipinski definition) is 5. The van der Waals surface area contributed by atoms with E-state index >= 15 is 0 Å². The van der Waals surface area contributed by atoms with Gasteiger partial charge in [0.25, 0.3) is 11.5 Å². The molecule has 0 saturated heterocycles. The van der Waals surface area contributed by atoms with Gasteiger partial charge >= 0.3 is 0 Å². The van der Waals surface area contributed by atoms with Crippen LogP contribution < -0.4 is 11.0 Å². The molecule has 3 aromatic rings. The summed E-state index contributed by atoms with van der Waals surface area (Å²) >= 11 is 7.37. The maximum Gasteiger partial charge on any atom is 0.262 e. The molecular weight excluding hydrogens is 360 g/mol. The van der Waals surface area contributed by atoms with Gasteiger partial charge in [-0.3, -0.25) is 14.2 Å². The lowest BCUT2D eigenvalue weighted by Crippen LogP contribution is -2.29. The minimum absolute atomic E-state index is 0.147. The van der Waals surface area contributed by atoms with Crippen LogP contribution >= 0.6 is 22.9 Å².